The number of ether oxygens (including phenoxy) is 1. The minimum atomic E-state index is 0.0754. The summed E-state index contributed by atoms with van der Waals surface area (Å²) >= 11 is 0. The van der Waals surface area contributed by atoms with Crippen molar-refractivity contribution in [2.45, 2.75) is 12.3 Å². The second-order valence-corrected chi connectivity index (χ2v) is 4.30. The molecule has 88 valence electrons. The van der Waals surface area contributed by atoms with E-state index in [0.717, 1.165) is 23.6 Å². The zero-order valence-electron chi connectivity index (χ0n) is 9.63. The summed E-state index contributed by atoms with van der Waals surface area (Å²) in [6.07, 6.45) is 2.52. The number of aromatic hydroxyl groups is 1. The van der Waals surface area contributed by atoms with E-state index in [2.05, 4.69) is 11.1 Å². The molecule has 0 spiro atoms. The maximum Gasteiger partial charge on any atom is 0.229 e. The van der Waals surface area contributed by atoms with Gasteiger partial charge in [0, 0.05) is 18.5 Å². The molecule has 0 aliphatic carbocycles. The van der Waals surface area contributed by atoms with Crippen molar-refractivity contribution >= 4 is 0 Å². The highest BCUT2D eigenvalue weighted by atomic mass is 16.5. The summed E-state index contributed by atoms with van der Waals surface area (Å²) in [5, 5.41) is 9.45. The van der Waals surface area contributed by atoms with Crippen LogP contribution in [0.15, 0.2) is 30.5 Å². The van der Waals surface area contributed by atoms with E-state index in [1.54, 1.807) is 6.20 Å². The first-order chi connectivity index (χ1) is 8.25. The van der Waals surface area contributed by atoms with Crippen molar-refractivity contribution in [3.05, 3.63) is 41.9 Å². The molecule has 0 radical (unpaired) electrons. The second kappa shape index (κ2) is 3.80. The molecule has 1 aromatic carbocycles. The summed E-state index contributed by atoms with van der Waals surface area (Å²) in [6.45, 7) is 0.690. The van der Waals surface area contributed by atoms with Gasteiger partial charge in [0.05, 0.1) is 12.8 Å². The van der Waals surface area contributed by atoms with Crippen LogP contribution in [0.4, 0.5) is 0 Å². The predicted octanol–water partition coefficient (Wildman–Crippen LogP) is 2.04. The van der Waals surface area contributed by atoms with Crippen molar-refractivity contribution in [3.8, 4) is 11.6 Å². The average Bonchev–Trinajstić information content (AvgIpc) is 2.68. The first kappa shape index (κ1) is 10.2. The third kappa shape index (κ3) is 1.65. The van der Waals surface area contributed by atoms with E-state index in [1.807, 2.05) is 29.8 Å². The van der Waals surface area contributed by atoms with E-state index in [0.29, 0.717) is 6.61 Å². The molecule has 2 heterocycles. The molecule has 1 N–H and O–H groups in total. The van der Waals surface area contributed by atoms with Crippen LogP contribution < -0.4 is 4.74 Å². The largest absolute Gasteiger partial charge is 0.493 e. The molecule has 3 rings (SSSR count). The molecular weight excluding hydrogens is 216 g/mol. The molecule has 1 aliphatic heterocycles. The van der Waals surface area contributed by atoms with Crippen LogP contribution in [0.25, 0.3) is 0 Å². The molecule has 1 aliphatic rings. The molecule has 0 bridgehead atoms. The summed E-state index contributed by atoms with van der Waals surface area (Å²) in [7, 11) is 1.90. The number of rotatable bonds is 1. The Hall–Kier alpha value is -1.97. The molecule has 4 nitrogen and oxygen atoms in total. The maximum atomic E-state index is 9.45. The molecule has 1 unspecified atom stereocenters. The Kier molecular flexibility index (Phi) is 2.28. The molecule has 0 fully saturated rings. The second-order valence-electron chi connectivity index (χ2n) is 4.30. The zero-order chi connectivity index (χ0) is 11.8. The molecule has 0 saturated carbocycles. The number of aryl methyl sites for hydroxylation is 1. The van der Waals surface area contributed by atoms with Gasteiger partial charge in [-0.3, -0.25) is 0 Å². The van der Waals surface area contributed by atoms with Crippen molar-refractivity contribution in [3.63, 3.8) is 0 Å². The number of imidazole rings is 1. The van der Waals surface area contributed by atoms with E-state index in [4.69, 9.17) is 4.74 Å². The lowest BCUT2D eigenvalue weighted by atomic mass is 9.92. The van der Waals surface area contributed by atoms with Crippen LogP contribution in [0.3, 0.4) is 0 Å². The van der Waals surface area contributed by atoms with Crippen LogP contribution in [0.5, 0.6) is 11.6 Å². The van der Waals surface area contributed by atoms with E-state index < -0.39 is 0 Å². The fourth-order valence-electron chi connectivity index (χ4n) is 2.40. The monoisotopic (exact) mass is 230 g/mol. The van der Waals surface area contributed by atoms with Crippen molar-refractivity contribution in [2.24, 2.45) is 7.05 Å². The molecule has 1 aromatic heterocycles. The highest BCUT2D eigenvalue weighted by Crippen LogP contribution is 2.37. The average molecular weight is 230 g/mol. The minimum Gasteiger partial charge on any atom is -0.493 e. The topological polar surface area (TPSA) is 47.3 Å². The Morgan fingerprint density at radius 2 is 2.24 bits per heavy atom. The zero-order valence-corrected chi connectivity index (χ0v) is 9.63. The Morgan fingerprint density at radius 1 is 1.41 bits per heavy atom. The van der Waals surface area contributed by atoms with E-state index in [-0.39, 0.29) is 11.8 Å². The Balaban J connectivity index is 2.09. The first-order valence-electron chi connectivity index (χ1n) is 5.69. The molecular formula is C13H14N2O2. The lowest BCUT2D eigenvalue weighted by Gasteiger charge is -2.25. The van der Waals surface area contributed by atoms with Gasteiger partial charge in [0.2, 0.25) is 5.88 Å². The third-order valence-corrected chi connectivity index (χ3v) is 3.17. The van der Waals surface area contributed by atoms with Crippen molar-refractivity contribution < 1.29 is 9.84 Å². The fraction of sp³-hybridized carbons (Fsp3) is 0.308. The summed E-state index contributed by atoms with van der Waals surface area (Å²) in [4.78, 5) is 4.20. The van der Waals surface area contributed by atoms with Crippen LogP contribution in [0.2, 0.25) is 0 Å². The Bertz CT molecular complexity index is 548. The van der Waals surface area contributed by atoms with Crippen LogP contribution in [-0.4, -0.2) is 21.3 Å². The summed E-state index contributed by atoms with van der Waals surface area (Å²) in [5.41, 5.74) is 1.15. The smallest absolute Gasteiger partial charge is 0.229 e. The standard InChI is InChI=1S/C13H14N2O2/c1-15-8-12(16)14-13(15)10-6-7-17-11-5-3-2-4-9(10)11/h2-5,8,10,16H,6-7H2,1H3. The van der Waals surface area contributed by atoms with Crippen molar-refractivity contribution in [1.29, 1.82) is 0 Å². The van der Waals surface area contributed by atoms with Gasteiger partial charge in [0.1, 0.15) is 11.6 Å². The Morgan fingerprint density at radius 3 is 3.00 bits per heavy atom. The van der Waals surface area contributed by atoms with E-state index >= 15 is 0 Å². The van der Waals surface area contributed by atoms with Gasteiger partial charge in [-0.1, -0.05) is 18.2 Å². The summed E-state index contributed by atoms with van der Waals surface area (Å²) in [5.74, 6) is 2.09. The van der Waals surface area contributed by atoms with Crippen LogP contribution in [0, 0.1) is 0 Å². The normalized spacial score (nSPS) is 18.5. The molecule has 0 amide bonds. The van der Waals surface area contributed by atoms with Gasteiger partial charge in [-0.05, 0) is 12.5 Å². The maximum absolute atomic E-state index is 9.45. The highest BCUT2D eigenvalue weighted by Gasteiger charge is 2.26. The minimum absolute atomic E-state index is 0.0754. The van der Waals surface area contributed by atoms with Crippen molar-refractivity contribution in [2.75, 3.05) is 6.61 Å². The summed E-state index contributed by atoms with van der Waals surface area (Å²) < 4.78 is 7.50. The van der Waals surface area contributed by atoms with E-state index in [9.17, 15) is 5.11 Å². The lowest BCUT2D eigenvalue weighted by molar-refractivity contribution is 0.273. The van der Waals surface area contributed by atoms with Crippen LogP contribution in [0.1, 0.15) is 23.7 Å². The number of nitrogens with zero attached hydrogens (tertiary/aromatic N) is 2. The molecule has 0 saturated heterocycles. The quantitative estimate of drug-likeness (QED) is 0.815. The van der Waals surface area contributed by atoms with Crippen molar-refractivity contribution in [1.82, 2.24) is 9.55 Å². The van der Waals surface area contributed by atoms with Gasteiger partial charge >= 0.3 is 0 Å². The van der Waals surface area contributed by atoms with Crippen LogP contribution in [-0.2, 0) is 7.05 Å². The van der Waals surface area contributed by atoms with Gasteiger partial charge < -0.3 is 14.4 Å². The summed E-state index contributed by atoms with van der Waals surface area (Å²) in [6, 6.07) is 8.01. The molecule has 2 aromatic rings. The number of hydrogen-bond acceptors (Lipinski definition) is 3. The number of hydrogen-bond donors (Lipinski definition) is 1. The third-order valence-electron chi connectivity index (χ3n) is 3.17. The number of fused-ring (bicyclic) bond motifs is 1. The Labute approximate surface area is 99.5 Å². The fourth-order valence-corrected chi connectivity index (χ4v) is 2.40. The lowest BCUT2D eigenvalue weighted by Crippen LogP contribution is -2.17. The molecule has 17 heavy (non-hydrogen) atoms. The van der Waals surface area contributed by atoms with Gasteiger partial charge in [0.15, 0.2) is 0 Å². The van der Waals surface area contributed by atoms with Gasteiger partial charge in [-0.2, -0.15) is 4.98 Å². The van der Waals surface area contributed by atoms with Gasteiger partial charge in [0.25, 0.3) is 0 Å². The van der Waals surface area contributed by atoms with Crippen LogP contribution >= 0.6 is 0 Å². The first-order valence-corrected chi connectivity index (χ1v) is 5.69. The highest BCUT2D eigenvalue weighted by molar-refractivity contribution is 5.41. The number of benzene rings is 1. The SMILES string of the molecule is Cn1cc(O)nc1C1CCOc2ccccc21. The number of para-hydroxylation sites is 1. The number of aromatic nitrogens is 2. The van der Waals surface area contributed by atoms with Gasteiger partial charge in [-0.25, -0.2) is 0 Å². The van der Waals surface area contributed by atoms with Gasteiger partial charge in [-0.15, -0.1) is 0 Å². The van der Waals surface area contributed by atoms with E-state index in [1.165, 1.54) is 0 Å². The molecule has 1 atom stereocenters. The predicted molar refractivity (Wildman–Crippen MR) is 63.3 cm³/mol. The molecule has 4 heteroatoms.